The van der Waals surface area contributed by atoms with E-state index in [1.807, 2.05) is 36.1 Å². The molecule has 1 saturated heterocycles. The highest BCUT2D eigenvalue weighted by Crippen LogP contribution is 2.17. The SMILES string of the molecule is Cc1ccc(S(=O)(=O)NC2CCN(C(=O)CCc3ccc(Cl)cc3)CC2)cc1. The summed E-state index contributed by atoms with van der Waals surface area (Å²) in [4.78, 5) is 14.5. The van der Waals surface area contributed by atoms with Gasteiger partial charge in [-0.15, -0.1) is 0 Å². The van der Waals surface area contributed by atoms with Crippen molar-refractivity contribution in [1.82, 2.24) is 9.62 Å². The van der Waals surface area contributed by atoms with Crippen LogP contribution in [0.3, 0.4) is 0 Å². The molecule has 0 aliphatic carbocycles. The number of sulfonamides is 1. The third-order valence-electron chi connectivity index (χ3n) is 5.04. The van der Waals surface area contributed by atoms with Crippen LogP contribution in [0.2, 0.25) is 5.02 Å². The Morgan fingerprint density at radius 3 is 2.29 bits per heavy atom. The predicted molar refractivity (Wildman–Crippen MR) is 111 cm³/mol. The second-order valence-corrected chi connectivity index (χ2v) is 9.37. The van der Waals surface area contributed by atoms with Gasteiger partial charge in [-0.05, 0) is 56.0 Å². The Balaban J connectivity index is 1.47. The topological polar surface area (TPSA) is 66.5 Å². The Hall–Kier alpha value is -1.89. The van der Waals surface area contributed by atoms with Gasteiger partial charge in [-0.1, -0.05) is 41.4 Å². The van der Waals surface area contributed by atoms with Crippen LogP contribution in [0.15, 0.2) is 53.4 Å². The highest BCUT2D eigenvalue weighted by Gasteiger charge is 2.26. The molecule has 0 aromatic heterocycles. The number of amides is 1. The maximum atomic E-state index is 12.5. The number of rotatable bonds is 6. The van der Waals surface area contributed by atoms with Gasteiger partial charge in [0.15, 0.2) is 0 Å². The Kier molecular flexibility index (Phi) is 6.75. The van der Waals surface area contributed by atoms with Gasteiger partial charge in [0.2, 0.25) is 15.9 Å². The first-order valence-corrected chi connectivity index (χ1v) is 11.3. The van der Waals surface area contributed by atoms with Gasteiger partial charge in [0.05, 0.1) is 4.90 Å². The average Bonchev–Trinajstić information content (AvgIpc) is 2.68. The quantitative estimate of drug-likeness (QED) is 0.777. The Bertz CT molecular complexity index is 904. The fourth-order valence-corrected chi connectivity index (χ4v) is 4.74. The molecule has 150 valence electrons. The molecule has 3 rings (SSSR count). The number of carbonyl (C=O) groups excluding carboxylic acids is 1. The van der Waals surface area contributed by atoms with E-state index in [1.165, 1.54) is 0 Å². The normalized spacial score (nSPS) is 15.6. The molecule has 0 atom stereocenters. The van der Waals surface area contributed by atoms with Gasteiger partial charge in [0.25, 0.3) is 0 Å². The first-order chi connectivity index (χ1) is 13.3. The van der Waals surface area contributed by atoms with Crippen LogP contribution < -0.4 is 4.72 Å². The number of hydrogen-bond acceptors (Lipinski definition) is 3. The molecule has 0 spiro atoms. The second-order valence-electron chi connectivity index (χ2n) is 7.22. The number of likely N-dealkylation sites (tertiary alicyclic amines) is 1. The molecule has 0 saturated carbocycles. The summed E-state index contributed by atoms with van der Waals surface area (Å²) in [6.45, 7) is 3.06. The third kappa shape index (κ3) is 5.56. The maximum absolute atomic E-state index is 12.5. The van der Waals surface area contributed by atoms with Crippen molar-refractivity contribution < 1.29 is 13.2 Å². The number of benzene rings is 2. The fraction of sp³-hybridized carbons (Fsp3) is 0.381. The van der Waals surface area contributed by atoms with Crippen LogP contribution in [0.4, 0.5) is 0 Å². The number of nitrogens with one attached hydrogen (secondary N) is 1. The van der Waals surface area contributed by atoms with E-state index in [-0.39, 0.29) is 16.8 Å². The summed E-state index contributed by atoms with van der Waals surface area (Å²) in [6, 6.07) is 14.2. The maximum Gasteiger partial charge on any atom is 0.240 e. The van der Waals surface area contributed by atoms with Crippen molar-refractivity contribution in [2.24, 2.45) is 0 Å². The largest absolute Gasteiger partial charge is 0.343 e. The van der Waals surface area contributed by atoms with Crippen LogP contribution in [0.1, 0.15) is 30.4 Å². The van der Waals surface area contributed by atoms with Gasteiger partial charge in [0, 0.05) is 30.6 Å². The summed E-state index contributed by atoms with van der Waals surface area (Å²) in [5.74, 6) is 0.106. The van der Waals surface area contributed by atoms with E-state index in [4.69, 9.17) is 11.6 Å². The second kappa shape index (κ2) is 9.07. The summed E-state index contributed by atoms with van der Waals surface area (Å²) >= 11 is 5.88. The van der Waals surface area contributed by atoms with E-state index in [9.17, 15) is 13.2 Å². The van der Waals surface area contributed by atoms with E-state index in [0.29, 0.717) is 43.8 Å². The molecule has 0 radical (unpaired) electrons. The van der Waals surface area contributed by atoms with Crippen molar-refractivity contribution in [3.05, 3.63) is 64.7 Å². The van der Waals surface area contributed by atoms with Crippen LogP contribution in [0.5, 0.6) is 0 Å². The average molecular weight is 421 g/mol. The molecule has 0 bridgehead atoms. The lowest BCUT2D eigenvalue weighted by atomic mass is 10.0. The highest BCUT2D eigenvalue weighted by molar-refractivity contribution is 7.89. The minimum absolute atomic E-state index is 0.106. The Morgan fingerprint density at radius 1 is 1.07 bits per heavy atom. The van der Waals surface area contributed by atoms with Crippen molar-refractivity contribution in [2.75, 3.05) is 13.1 Å². The lowest BCUT2D eigenvalue weighted by molar-refractivity contribution is -0.132. The molecule has 1 fully saturated rings. The molecule has 0 unspecified atom stereocenters. The summed E-state index contributed by atoms with van der Waals surface area (Å²) < 4.78 is 27.8. The first kappa shape index (κ1) is 20.8. The number of aryl methyl sites for hydroxylation is 2. The zero-order valence-electron chi connectivity index (χ0n) is 15.9. The van der Waals surface area contributed by atoms with Gasteiger partial charge in [-0.2, -0.15) is 0 Å². The molecule has 1 heterocycles. The summed E-state index contributed by atoms with van der Waals surface area (Å²) in [7, 11) is -3.53. The molecule has 1 aliphatic rings. The molecule has 5 nitrogen and oxygen atoms in total. The Morgan fingerprint density at radius 2 is 1.68 bits per heavy atom. The van der Waals surface area contributed by atoms with E-state index in [2.05, 4.69) is 4.72 Å². The zero-order chi connectivity index (χ0) is 20.1. The number of carbonyl (C=O) groups is 1. The van der Waals surface area contributed by atoms with Crippen molar-refractivity contribution in [3.63, 3.8) is 0 Å². The summed E-state index contributed by atoms with van der Waals surface area (Å²) in [5.41, 5.74) is 2.10. The predicted octanol–water partition coefficient (Wildman–Crippen LogP) is 3.55. The minimum Gasteiger partial charge on any atom is -0.343 e. The van der Waals surface area contributed by atoms with Crippen LogP contribution in [0, 0.1) is 6.92 Å². The number of nitrogens with zero attached hydrogens (tertiary/aromatic N) is 1. The molecule has 1 aliphatic heterocycles. The molecule has 28 heavy (non-hydrogen) atoms. The zero-order valence-corrected chi connectivity index (χ0v) is 17.5. The third-order valence-corrected chi connectivity index (χ3v) is 6.83. The van der Waals surface area contributed by atoms with Gasteiger partial charge < -0.3 is 4.90 Å². The van der Waals surface area contributed by atoms with E-state index in [1.54, 1.807) is 24.3 Å². The standard InChI is InChI=1S/C21H25ClN2O3S/c1-16-2-9-20(10-3-16)28(26,27)23-19-12-14-24(15-13-19)21(25)11-6-17-4-7-18(22)8-5-17/h2-5,7-10,19,23H,6,11-15H2,1H3. The summed E-state index contributed by atoms with van der Waals surface area (Å²) in [6.07, 6.45) is 2.37. The van der Waals surface area contributed by atoms with Gasteiger partial charge in [0.1, 0.15) is 0 Å². The van der Waals surface area contributed by atoms with Crippen LogP contribution in [0.25, 0.3) is 0 Å². The molecular weight excluding hydrogens is 396 g/mol. The number of halogens is 1. The molecule has 2 aromatic carbocycles. The number of hydrogen-bond donors (Lipinski definition) is 1. The molecule has 1 N–H and O–H groups in total. The monoisotopic (exact) mass is 420 g/mol. The van der Waals surface area contributed by atoms with E-state index >= 15 is 0 Å². The van der Waals surface area contributed by atoms with E-state index < -0.39 is 10.0 Å². The van der Waals surface area contributed by atoms with E-state index in [0.717, 1.165) is 11.1 Å². The van der Waals surface area contributed by atoms with Crippen molar-refractivity contribution in [3.8, 4) is 0 Å². The van der Waals surface area contributed by atoms with Crippen LogP contribution in [-0.2, 0) is 21.2 Å². The van der Waals surface area contributed by atoms with Crippen LogP contribution >= 0.6 is 11.6 Å². The fourth-order valence-electron chi connectivity index (χ4n) is 3.31. The van der Waals surface area contributed by atoms with Crippen LogP contribution in [-0.4, -0.2) is 38.4 Å². The highest BCUT2D eigenvalue weighted by atomic mass is 35.5. The first-order valence-electron chi connectivity index (χ1n) is 9.45. The molecule has 7 heteroatoms. The van der Waals surface area contributed by atoms with Gasteiger partial charge >= 0.3 is 0 Å². The Labute approximate surface area is 171 Å². The minimum atomic E-state index is -3.53. The number of piperidine rings is 1. The molecule has 2 aromatic rings. The lowest BCUT2D eigenvalue weighted by Gasteiger charge is -2.32. The molecular formula is C21H25ClN2O3S. The summed E-state index contributed by atoms with van der Waals surface area (Å²) in [5, 5.41) is 0.685. The lowest BCUT2D eigenvalue weighted by Crippen LogP contribution is -2.46. The smallest absolute Gasteiger partial charge is 0.240 e. The molecule has 1 amide bonds. The van der Waals surface area contributed by atoms with Crippen molar-refractivity contribution >= 4 is 27.5 Å². The van der Waals surface area contributed by atoms with Crippen molar-refractivity contribution in [1.29, 1.82) is 0 Å². The van der Waals surface area contributed by atoms with Gasteiger partial charge in [-0.3, -0.25) is 4.79 Å². The van der Waals surface area contributed by atoms with Crippen molar-refractivity contribution in [2.45, 2.75) is 43.5 Å². The van der Waals surface area contributed by atoms with Gasteiger partial charge in [-0.25, -0.2) is 13.1 Å².